The Morgan fingerprint density at radius 3 is 2.73 bits per heavy atom. The van der Waals surface area contributed by atoms with Gasteiger partial charge in [0.05, 0.1) is 4.92 Å². The number of ether oxygens (including phenoxy) is 1. The number of carbonyl (C=O) groups is 2. The van der Waals surface area contributed by atoms with Crippen LogP contribution in [0.25, 0.3) is 6.08 Å². The highest BCUT2D eigenvalue weighted by Crippen LogP contribution is 2.22. The van der Waals surface area contributed by atoms with Crippen LogP contribution < -0.4 is 5.32 Å². The molecule has 26 heavy (non-hydrogen) atoms. The van der Waals surface area contributed by atoms with Crippen molar-refractivity contribution in [2.24, 2.45) is 0 Å². The Balaban J connectivity index is 1.87. The maximum Gasteiger partial charge on any atom is 0.331 e. The Bertz CT molecular complexity index is 880. The number of nitrogens with zero attached hydrogens (tertiary/aromatic N) is 1. The zero-order valence-corrected chi connectivity index (χ0v) is 13.8. The number of amides is 1. The fourth-order valence-electron chi connectivity index (χ4n) is 2.04. The summed E-state index contributed by atoms with van der Waals surface area (Å²) in [5.74, 6) is -1.86. The van der Waals surface area contributed by atoms with E-state index in [0.717, 1.165) is 6.08 Å². The van der Waals surface area contributed by atoms with Gasteiger partial charge in [-0.1, -0.05) is 18.2 Å². The van der Waals surface area contributed by atoms with E-state index in [0.29, 0.717) is 11.1 Å². The van der Waals surface area contributed by atoms with Crippen LogP contribution in [0.15, 0.2) is 48.5 Å². The summed E-state index contributed by atoms with van der Waals surface area (Å²) in [7, 11) is 0. The molecule has 0 aromatic heterocycles. The molecule has 134 valence electrons. The molecule has 0 aliphatic carbocycles. The number of hydrogen-bond acceptors (Lipinski definition) is 5. The van der Waals surface area contributed by atoms with Crippen molar-refractivity contribution in [2.75, 3.05) is 11.9 Å². The average molecular weight is 358 g/mol. The fourth-order valence-corrected chi connectivity index (χ4v) is 2.04. The van der Waals surface area contributed by atoms with Gasteiger partial charge in [-0.05, 0) is 36.8 Å². The molecule has 2 aromatic carbocycles. The molecule has 7 nitrogen and oxygen atoms in total. The number of hydrogen-bond donors (Lipinski definition) is 1. The lowest BCUT2D eigenvalue weighted by Crippen LogP contribution is -2.20. The summed E-state index contributed by atoms with van der Waals surface area (Å²) >= 11 is 0. The summed E-state index contributed by atoms with van der Waals surface area (Å²) in [5, 5.41) is 13.3. The molecule has 0 aliphatic rings. The van der Waals surface area contributed by atoms with Crippen LogP contribution in [0, 0.1) is 22.9 Å². The summed E-state index contributed by atoms with van der Waals surface area (Å²) < 4.78 is 17.8. The van der Waals surface area contributed by atoms with E-state index >= 15 is 0 Å². The number of esters is 1. The highest BCUT2D eigenvalue weighted by atomic mass is 19.1. The minimum Gasteiger partial charge on any atom is -0.452 e. The molecule has 2 rings (SSSR count). The van der Waals surface area contributed by atoms with Crippen LogP contribution in [0.1, 0.15) is 11.1 Å². The van der Waals surface area contributed by atoms with E-state index in [1.54, 1.807) is 13.0 Å². The van der Waals surface area contributed by atoms with Crippen molar-refractivity contribution in [3.8, 4) is 0 Å². The fraction of sp³-hybridized carbons (Fsp3) is 0.111. The second kappa shape index (κ2) is 8.52. The quantitative estimate of drug-likeness (QED) is 0.370. The van der Waals surface area contributed by atoms with Gasteiger partial charge in [0.15, 0.2) is 6.61 Å². The third kappa shape index (κ3) is 5.52. The molecule has 1 N–H and O–H groups in total. The Morgan fingerprint density at radius 1 is 1.27 bits per heavy atom. The molecule has 0 atom stereocenters. The number of carbonyl (C=O) groups excluding carboxylic acids is 2. The van der Waals surface area contributed by atoms with Crippen molar-refractivity contribution in [3.05, 3.63) is 75.6 Å². The van der Waals surface area contributed by atoms with Crippen molar-refractivity contribution in [1.82, 2.24) is 0 Å². The van der Waals surface area contributed by atoms with Crippen molar-refractivity contribution in [3.63, 3.8) is 0 Å². The van der Waals surface area contributed by atoms with Gasteiger partial charge in [-0.3, -0.25) is 14.9 Å². The molecule has 1 amide bonds. The molecular weight excluding hydrogens is 343 g/mol. The predicted octanol–water partition coefficient (Wildman–Crippen LogP) is 3.24. The van der Waals surface area contributed by atoms with Crippen LogP contribution in [0.5, 0.6) is 0 Å². The van der Waals surface area contributed by atoms with Crippen molar-refractivity contribution in [2.45, 2.75) is 6.92 Å². The van der Waals surface area contributed by atoms with Gasteiger partial charge in [0, 0.05) is 23.4 Å². The van der Waals surface area contributed by atoms with Gasteiger partial charge in [0.1, 0.15) is 5.82 Å². The Kier molecular flexibility index (Phi) is 6.15. The van der Waals surface area contributed by atoms with Gasteiger partial charge in [0.25, 0.3) is 11.6 Å². The first-order valence-electron chi connectivity index (χ1n) is 7.50. The molecule has 8 heteroatoms. The lowest BCUT2D eigenvalue weighted by atomic mass is 10.2. The molecule has 0 fully saturated rings. The first-order valence-corrected chi connectivity index (χ1v) is 7.50. The van der Waals surface area contributed by atoms with Crippen LogP contribution in [0.2, 0.25) is 0 Å². The van der Waals surface area contributed by atoms with Crippen molar-refractivity contribution in [1.29, 1.82) is 0 Å². The smallest absolute Gasteiger partial charge is 0.331 e. The van der Waals surface area contributed by atoms with Crippen LogP contribution in [0.3, 0.4) is 0 Å². The maximum absolute atomic E-state index is 13.0. The zero-order valence-electron chi connectivity index (χ0n) is 13.8. The van der Waals surface area contributed by atoms with Crippen LogP contribution in [-0.2, 0) is 14.3 Å². The summed E-state index contributed by atoms with van der Waals surface area (Å²) in [5.41, 5.74) is 1.02. The number of nitro benzene ring substituents is 1. The predicted molar refractivity (Wildman–Crippen MR) is 92.9 cm³/mol. The summed E-state index contributed by atoms with van der Waals surface area (Å²) in [6.07, 6.45) is 2.42. The van der Waals surface area contributed by atoms with Gasteiger partial charge in [0.2, 0.25) is 0 Å². The molecule has 0 bridgehead atoms. The number of halogens is 1. The third-order valence-corrected chi connectivity index (χ3v) is 3.30. The summed E-state index contributed by atoms with van der Waals surface area (Å²) in [6.45, 7) is 1.02. The number of benzene rings is 2. The zero-order chi connectivity index (χ0) is 19.1. The van der Waals surface area contributed by atoms with Crippen LogP contribution >= 0.6 is 0 Å². The van der Waals surface area contributed by atoms with E-state index in [1.165, 1.54) is 42.5 Å². The van der Waals surface area contributed by atoms with Gasteiger partial charge >= 0.3 is 5.97 Å². The monoisotopic (exact) mass is 358 g/mol. The van der Waals surface area contributed by atoms with E-state index in [2.05, 4.69) is 5.32 Å². The largest absolute Gasteiger partial charge is 0.452 e. The Morgan fingerprint density at radius 2 is 2.04 bits per heavy atom. The van der Waals surface area contributed by atoms with E-state index in [1.807, 2.05) is 0 Å². The number of anilines is 1. The van der Waals surface area contributed by atoms with Gasteiger partial charge < -0.3 is 10.1 Å². The Hall–Kier alpha value is -3.55. The van der Waals surface area contributed by atoms with Crippen LogP contribution in [0.4, 0.5) is 15.8 Å². The molecule has 2 aromatic rings. The van der Waals surface area contributed by atoms with E-state index in [4.69, 9.17) is 4.74 Å². The normalized spacial score (nSPS) is 10.5. The summed E-state index contributed by atoms with van der Waals surface area (Å²) in [6, 6.07) is 9.83. The topological polar surface area (TPSA) is 98.5 Å². The average Bonchev–Trinajstić information content (AvgIpc) is 2.59. The van der Waals surface area contributed by atoms with Gasteiger partial charge in [-0.2, -0.15) is 0 Å². The van der Waals surface area contributed by atoms with Crippen LogP contribution in [-0.4, -0.2) is 23.4 Å². The van der Waals surface area contributed by atoms with E-state index in [9.17, 15) is 24.1 Å². The second-order valence-electron chi connectivity index (χ2n) is 5.30. The molecule has 0 heterocycles. The van der Waals surface area contributed by atoms with Crippen molar-refractivity contribution < 1.29 is 23.6 Å². The second-order valence-corrected chi connectivity index (χ2v) is 5.30. The molecule has 0 radical (unpaired) electrons. The van der Waals surface area contributed by atoms with E-state index in [-0.39, 0.29) is 11.4 Å². The molecule has 0 aliphatic heterocycles. The van der Waals surface area contributed by atoms with E-state index < -0.39 is 29.2 Å². The Labute approximate surface area is 148 Å². The maximum atomic E-state index is 13.0. The van der Waals surface area contributed by atoms with Gasteiger partial charge in [-0.15, -0.1) is 0 Å². The highest BCUT2D eigenvalue weighted by molar-refractivity contribution is 5.94. The lowest BCUT2D eigenvalue weighted by Gasteiger charge is -2.06. The molecule has 0 spiro atoms. The molecular formula is C18H15FN2O5. The number of nitrogens with one attached hydrogen (secondary N) is 1. The first-order chi connectivity index (χ1) is 12.3. The first kappa shape index (κ1) is 18.8. The standard InChI is InChI=1S/C18H15FN2O5/c1-12-5-7-15(10-16(12)21(24)25)20-17(22)11-26-18(23)8-6-13-3-2-4-14(19)9-13/h2-10H,11H2,1H3,(H,20,22)/b8-6+. The third-order valence-electron chi connectivity index (χ3n) is 3.30. The van der Waals surface area contributed by atoms with Crippen molar-refractivity contribution >= 4 is 29.3 Å². The minimum atomic E-state index is -0.778. The summed E-state index contributed by atoms with van der Waals surface area (Å²) in [4.78, 5) is 33.7. The minimum absolute atomic E-state index is 0.127. The van der Waals surface area contributed by atoms with Gasteiger partial charge in [-0.25, -0.2) is 9.18 Å². The number of nitro groups is 1. The molecule has 0 unspecified atom stereocenters. The molecule has 0 saturated heterocycles. The number of rotatable bonds is 6. The highest BCUT2D eigenvalue weighted by Gasteiger charge is 2.13. The lowest BCUT2D eigenvalue weighted by molar-refractivity contribution is -0.385. The number of aryl methyl sites for hydroxylation is 1. The molecule has 0 saturated carbocycles. The SMILES string of the molecule is Cc1ccc(NC(=O)COC(=O)/C=C/c2cccc(F)c2)cc1[N+](=O)[O-].